The summed E-state index contributed by atoms with van der Waals surface area (Å²) >= 11 is 1.18. The summed E-state index contributed by atoms with van der Waals surface area (Å²) in [6, 6.07) is 0. The summed E-state index contributed by atoms with van der Waals surface area (Å²) in [6.07, 6.45) is -0.493. The molecule has 1 heterocycles. The van der Waals surface area contributed by atoms with Crippen molar-refractivity contribution in [2.45, 2.75) is 12.6 Å². The van der Waals surface area contributed by atoms with Crippen LogP contribution in [0.4, 0.5) is 5.00 Å². The van der Waals surface area contributed by atoms with Crippen LogP contribution in [-0.2, 0) is 11.3 Å². The molecule has 1 aromatic rings. The Balaban J connectivity index is 2.36. The number of nitrogen functional groups attached to an aromatic ring is 1. The van der Waals surface area contributed by atoms with E-state index in [1.54, 1.807) is 7.11 Å². The number of nitrogens with zero attached hydrogens (tertiary/aromatic N) is 3. The second kappa shape index (κ2) is 5.96. The molecular weight excluding hydrogens is 216 g/mol. The third-order valence-electron chi connectivity index (χ3n) is 1.89. The van der Waals surface area contributed by atoms with Gasteiger partial charge >= 0.3 is 0 Å². The van der Waals surface area contributed by atoms with Crippen LogP contribution in [0.2, 0.25) is 0 Å². The number of methoxy groups -OCH3 is 1. The molecule has 0 radical (unpaired) electrons. The van der Waals surface area contributed by atoms with Gasteiger partial charge < -0.3 is 15.6 Å². The standard InChI is InChI=1S/C8H16N4O2S/c1-12(3-6(13)5-14-2)4-7-8(9)15-11-10-7/h6,13H,3-5,9H2,1-2H3. The quantitative estimate of drug-likeness (QED) is 0.691. The molecule has 0 aliphatic rings. The molecule has 0 saturated heterocycles. The number of rotatable bonds is 6. The van der Waals surface area contributed by atoms with Crippen molar-refractivity contribution in [1.29, 1.82) is 0 Å². The van der Waals surface area contributed by atoms with Crippen LogP contribution in [-0.4, -0.2) is 53.0 Å². The molecule has 7 heteroatoms. The molecule has 1 atom stereocenters. The van der Waals surface area contributed by atoms with Crippen molar-refractivity contribution in [1.82, 2.24) is 14.5 Å². The zero-order valence-electron chi connectivity index (χ0n) is 8.88. The van der Waals surface area contributed by atoms with Crippen LogP contribution in [0.15, 0.2) is 0 Å². The Morgan fingerprint density at radius 2 is 2.40 bits per heavy atom. The van der Waals surface area contributed by atoms with E-state index in [4.69, 9.17) is 10.5 Å². The van der Waals surface area contributed by atoms with Gasteiger partial charge in [-0.15, -0.1) is 5.10 Å². The number of anilines is 1. The maximum Gasteiger partial charge on any atom is 0.132 e. The minimum atomic E-state index is -0.493. The van der Waals surface area contributed by atoms with Gasteiger partial charge in [0.05, 0.1) is 12.7 Å². The van der Waals surface area contributed by atoms with Gasteiger partial charge in [0.25, 0.3) is 0 Å². The summed E-state index contributed by atoms with van der Waals surface area (Å²) in [5, 5.41) is 14.0. The molecule has 0 spiro atoms. The van der Waals surface area contributed by atoms with Gasteiger partial charge in [-0.1, -0.05) is 4.49 Å². The Bertz CT molecular complexity index is 294. The summed E-state index contributed by atoms with van der Waals surface area (Å²) in [4.78, 5) is 1.93. The zero-order chi connectivity index (χ0) is 11.3. The molecule has 86 valence electrons. The Morgan fingerprint density at radius 1 is 1.67 bits per heavy atom. The van der Waals surface area contributed by atoms with E-state index in [-0.39, 0.29) is 0 Å². The fourth-order valence-electron chi connectivity index (χ4n) is 1.25. The van der Waals surface area contributed by atoms with E-state index < -0.39 is 6.10 Å². The number of hydrogen-bond acceptors (Lipinski definition) is 7. The summed E-state index contributed by atoms with van der Waals surface area (Å²) in [6.45, 7) is 1.43. The van der Waals surface area contributed by atoms with Gasteiger partial charge in [-0.05, 0) is 7.05 Å². The molecule has 0 fully saturated rings. The first kappa shape index (κ1) is 12.3. The van der Waals surface area contributed by atoms with Crippen molar-refractivity contribution in [3.63, 3.8) is 0 Å². The lowest BCUT2D eigenvalue weighted by atomic mass is 10.3. The predicted octanol–water partition coefficient (Wildman–Crippen LogP) is -0.441. The van der Waals surface area contributed by atoms with Crippen LogP contribution in [0.25, 0.3) is 0 Å². The van der Waals surface area contributed by atoms with E-state index >= 15 is 0 Å². The van der Waals surface area contributed by atoms with Crippen molar-refractivity contribution in [2.24, 2.45) is 0 Å². The average Bonchev–Trinajstić information content (AvgIpc) is 2.52. The van der Waals surface area contributed by atoms with Crippen molar-refractivity contribution in [3.05, 3.63) is 5.69 Å². The normalized spacial score (nSPS) is 13.3. The maximum atomic E-state index is 9.49. The SMILES string of the molecule is COCC(O)CN(C)Cc1nnsc1N. The van der Waals surface area contributed by atoms with Gasteiger partial charge in [-0.25, -0.2) is 0 Å². The van der Waals surface area contributed by atoms with Crippen LogP contribution >= 0.6 is 11.5 Å². The number of aromatic nitrogens is 2. The second-order valence-corrected chi connectivity index (χ2v) is 4.18. The lowest BCUT2D eigenvalue weighted by Crippen LogP contribution is -2.31. The first-order valence-corrected chi connectivity index (χ1v) is 5.33. The first-order valence-electron chi connectivity index (χ1n) is 4.55. The monoisotopic (exact) mass is 232 g/mol. The maximum absolute atomic E-state index is 9.49. The second-order valence-electron chi connectivity index (χ2n) is 3.39. The number of nitrogens with two attached hydrogens (primary N) is 1. The molecule has 0 amide bonds. The van der Waals surface area contributed by atoms with Crippen LogP contribution in [0, 0.1) is 0 Å². The highest BCUT2D eigenvalue weighted by Gasteiger charge is 2.11. The highest BCUT2D eigenvalue weighted by Crippen LogP contribution is 2.13. The molecular formula is C8H16N4O2S. The highest BCUT2D eigenvalue weighted by atomic mass is 32.1. The average molecular weight is 232 g/mol. The molecule has 6 nitrogen and oxygen atoms in total. The zero-order valence-corrected chi connectivity index (χ0v) is 9.70. The Hall–Kier alpha value is -0.760. The summed E-state index contributed by atoms with van der Waals surface area (Å²) in [5.74, 6) is 0. The van der Waals surface area contributed by atoms with Crippen molar-refractivity contribution >= 4 is 16.5 Å². The first-order chi connectivity index (χ1) is 7.13. The van der Waals surface area contributed by atoms with Crippen molar-refractivity contribution in [3.8, 4) is 0 Å². The molecule has 0 bridgehead atoms. The molecule has 0 aliphatic heterocycles. The summed E-state index contributed by atoms with van der Waals surface area (Å²) < 4.78 is 8.58. The van der Waals surface area contributed by atoms with E-state index in [0.717, 1.165) is 5.69 Å². The van der Waals surface area contributed by atoms with E-state index in [1.165, 1.54) is 11.5 Å². The molecule has 1 unspecified atom stereocenters. The van der Waals surface area contributed by atoms with Crippen LogP contribution in [0.5, 0.6) is 0 Å². The lowest BCUT2D eigenvalue weighted by molar-refractivity contribution is 0.0417. The van der Waals surface area contributed by atoms with E-state index in [9.17, 15) is 5.11 Å². The molecule has 1 rings (SSSR count). The van der Waals surface area contributed by atoms with Gasteiger partial charge in [-0.3, -0.25) is 4.90 Å². The van der Waals surface area contributed by atoms with Crippen LogP contribution < -0.4 is 5.73 Å². The van der Waals surface area contributed by atoms with E-state index in [1.807, 2.05) is 11.9 Å². The third-order valence-corrected chi connectivity index (χ3v) is 2.48. The fourth-order valence-corrected chi connectivity index (χ4v) is 1.69. The topological polar surface area (TPSA) is 84.5 Å². The Labute approximate surface area is 92.8 Å². The number of aliphatic hydroxyl groups excluding tert-OH is 1. The van der Waals surface area contributed by atoms with Gasteiger partial charge in [0, 0.05) is 31.7 Å². The highest BCUT2D eigenvalue weighted by molar-refractivity contribution is 7.09. The van der Waals surface area contributed by atoms with Crippen LogP contribution in [0.1, 0.15) is 5.69 Å². The predicted molar refractivity (Wildman–Crippen MR) is 58.5 cm³/mol. The molecule has 1 aromatic heterocycles. The lowest BCUT2D eigenvalue weighted by Gasteiger charge is -2.18. The number of ether oxygens (including phenoxy) is 1. The van der Waals surface area contributed by atoms with Gasteiger partial charge in [0.15, 0.2) is 0 Å². The van der Waals surface area contributed by atoms with Crippen molar-refractivity contribution < 1.29 is 9.84 Å². The van der Waals surface area contributed by atoms with E-state index in [0.29, 0.717) is 24.7 Å². The molecule has 3 N–H and O–H groups in total. The minimum Gasteiger partial charge on any atom is -0.389 e. The molecule has 0 saturated carbocycles. The number of likely N-dealkylation sites (N-methyl/N-ethyl adjacent to an activating group) is 1. The largest absolute Gasteiger partial charge is 0.389 e. The smallest absolute Gasteiger partial charge is 0.132 e. The Kier molecular flexibility index (Phi) is 4.89. The fraction of sp³-hybridized carbons (Fsp3) is 0.750. The van der Waals surface area contributed by atoms with Crippen molar-refractivity contribution in [2.75, 3.05) is 33.0 Å². The molecule has 0 aliphatic carbocycles. The van der Waals surface area contributed by atoms with Gasteiger partial charge in [-0.2, -0.15) is 0 Å². The number of hydrogen-bond donors (Lipinski definition) is 2. The molecule has 15 heavy (non-hydrogen) atoms. The molecule has 0 aromatic carbocycles. The van der Waals surface area contributed by atoms with Crippen LogP contribution in [0.3, 0.4) is 0 Å². The van der Waals surface area contributed by atoms with E-state index in [2.05, 4.69) is 9.59 Å². The van der Waals surface area contributed by atoms with Gasteiger partial charge in [0.2, 0.25) is 0 Å². The summed E-state index contributed by atoms with van der Waals surface area (Å²) in [7, 11) is 3.45. The third kappa shape index (κ3) is 4.08. The van der Waals surface area contributed by atoms with Gasteiger partial charge in [0.1, 0.15) is 10.7 Å². The summed E-state index contributed by atoms with van der Waals surface area (Å²) in [5.41, 5.74) is 6.41. The Morgan fingerprint density at radius 3 is 2.93 bits per heavy atom. The minimum absolute atomic E-state index is 0.329. The number of aliphatic hydroxyl groups is 1.